The fourth-order valence-electron chi connectivity index (χ4n) is 1.42. The van der Waals surface area contributed by atoms with Crippen LogP contribution < -0.4 is 0 Å². The van der Waals surface area contributed by atoms with Crippen molar-refractivity contribution in [2.45, 2.75) is 26.2 Å². The van der Waals surface area contributed by atoms with Crippen LogP contribution in [0.15, 0.2) is 35.5 Å². The Morgan fingerprint density at radius 1 is 1.12 bits per heavy atom. The maximum absolute atomic E-state index is 11.2. The topological polar surface area (TPSA) is 63.6 Å². The van der Waals surface area contributed by atoms with E-state index in [1.165, 1.54) is 0 Å². The number of aliphatic hydroxyl groups is 1. The van der Waals surface area contributed by atoms with Crippen LogP contribution in [-0.4, -0.2) is 23.7 Å². The molecular formula is C13H16O4. The molecule has 0 aromatic carbocycles. The number of unbranched alkanes of at least 4 members (excludes halogenated alkanes) is 2. The Hall–Kier alpha value is -1.68. The molecular weight excluding hydrogens is 220 g/mol. The molecule has 0 fully saturated rings. The van der Waals surface area contributed by atoms with Gasteiger partial charge in [0.25, 0.3) is 0 Å². The third kappa shape index (κ3) is 4.00. The first-order valence-corrected chi connectivity index (χ1v) is 5.56. The molecule has 1 rings (SSSR count). The summed E-state index contributed by atoms with van der Waals surface area (Å²) in [4.78, 5) is 22.2. The predicted octanol–water partition coefficient (Wildman–Crippen LogP) is 1.66. The second-order valence-electron chi connectivity index (χ2n) is 3.70. The molecule has 0 saturated carbocycles. The van der Waals surface area contributed by atoms with Crippen molar-refractivity contribution >= 4 is 11.9 Å². The molecule has 1 heterocycles. The molecule has 1 aliphatic rings. The second-order valence-corrected chi connectivity index (χ2v) is 3.70. The number of allylic oxidation sites excluding steroid dienone is 2. The van der Waals surface area contributed by atoms with Crippen molar-refractivity contribution in [3.05, 3.63) is 35.5 Å². The van der Waals surface area contributed by atoms with E-state index in [0.29, 0.717) is 11.1 Å². The highest BCUT2D eigenvalue weighted by molar-refractivity contribution is 6.13. The van der Waals surface area contributed by atoms with Gasteiger partial charge in [-0.05, 0) is 26.2 Å². The van der Waals surface area contributed by atoms with Crippen molar-refractivity contribution in [3.8, 4) is 0 Å². The lowest BCUT2D eigenvalue weighted by Gasteiger charge is -1.91. The van der Waals surface area contributed by atoms with Crippen LogP contribution in [0, 0.1) is 0 Å². The van der Waals surface area contributed by atoms with E-state index in [4.69, 9.17) is 5.11 Å². The van der Waals surface area contributed by atoms with Crippen molar-refractivity contribution in [3.63, 3.8) is 0 Å². The van der Waals surface area contributed by atoms with E-state index in [0.717, 1.165) is 19.3 Å². The minimum atomic E-state index is -0.566. The number of aliphatic hydroxyl groups excluding tert-OH is 1. The normalized spacial score (nSPS) is 16.6. The zero-order valence-electron chi connectivity index (χ0n) is 9.81. The van der Waals surface area contributed by atoms with Crippen LogP contribution in [0.25, 0.3) is 0 Å². The lowest BCUT2D eigenvalue weighted by atomic mass is 10.1. The largest absolute Gasteiger partial charge is 0.392 e. The van der Waals surface area contributed by atoms with E-state index in [1.54, 1.807) is 19.1 Å². The van der Waals surface area contributed by atoms with Gasteiger partial charge in [0.05, 0.1) is 12.2 Å². The molecule has 0 aromatic heterocycles. The van der Waals surface area contributed by atoms with E-state index in [1.807, 2.05) is 12.2 Å². The van der Waals surface area contributed by atoms with E-state index < -0.39 is 11.9 Å². The van der Waals surface area contributed by atoms with Crippen molar-refractivity contribution < 1.29 is 19.4 Å². The summed E-state index contributed by atoms with van der Waals surface area (Å²) in [5.74, 6) is -1.12. The zero-order valence-corrected chi connectivity index (χ0v) is 9.81. The predicted molar refractivity (Wildman–Crippen MR) is 63.0 cm³/mol. The molecule has 17 heavy (non-hydrogen) atoms. The Labute approximate surface area is 100 Å². The Kier molecular flexibility index (Phi) is 5.36. The van der Waals surface area contributed by atoms with Crippen LogP contribution in [0.1, 0.15) is 26.2 Å². The second kappa shape index (κ2) is 6.81. The number of esters is 2. The van der Waals surface area contributed by atoms with Gasteiger partial charge in [-0.15, -0.1) is 0 Å². The molecule has 1 N–H and O–H groups in total. The monoisotopic (exact) mass is 236 g/mol. The molecule has 1 aliphatic heterocycles. The SMILES string of the molecule is CC1=C(/C=C/CCC/C=C/CO)C(=O)OC1=O. The minimum absolute atomic E-state index is 0.0653. The number of hydrogen-bond acceptors (Lipinski definition) is 4. The molecule has 4 heteroatoms. The highest BCUT2D eigenvalue weighted by Crippen LogP contribution is 2.18. The molecule has 0 atom stereocenters. The quantitative estimate of drug-likeness (QED) is 0.330. The van der Waals surface area contributed by atoms with Crippen LogP contribution >= 0.6 is 0 Å². The Bertz CT molecular complexity index is 388. The van der Waals surface area contributed by atoms with Crippen LogP contribution in [0.5, 0.6) is 0 Å². The van der Waals surface area contributed by atoms with Crippen molar-refractivity contribution in [2.75, 3.05) is 6.61 Å². The lowest BCUT2D eigenvalue weighted by molar-refractivity contribution is -0.150. The third-order valence-corrected chi connectivity index (χ3v) is 2.41. The molecule has 0 unspecified atom stereocenters. The van der Waals surface area contributed by atoms with E-state index in [-0.39, 0.29) is 6.61 Å². The Balaban J connectivity index is 2.37. The smallest absolute Gasteiger partial charge is 0.346 e. The van der Waals surface area contributed by atoms with Gasteiger partial charge >= 0.3 is 11.9 Å². The number of carbonyl (C=O) groups is 2. The van der Waals surface area contributed by atoms with Crippen LogP contribution in [0.2, 0.25) is 0 Å². The fourth-order valence-corrected chi connectivity index (χ4v) is 1.42. The number of carbonyl (C=O) groups excluding carboxylic acids is 2. The summed E-state index contributed by atoms with van der Waals surface area (Å²) in [7, 11) is 0. The first-order valence-electron chi connectivity index (χ1n) is 5.56. The van der Waals surface area contributed by atoms with Gasteiger partial charge in [-0.2, -0.15) is 0 Å². The third-order valence-electron chi connectivity index (χ3n) is 2.41. The highest BCUT2D eigenvalue weighted by atomic mass is 16.6. The molecule has 0 bridgehead atoms. The molecule has 0 saturated heterocycles. The van der Waals surface area contributed by atoms with Gasteiger partial charge in [0.15, 0.2) is 0 Å². The van der Waals surface area contributed by atoms with Crippen LogP contribution in [0.3, 0.4) is 0 Å². The summed E-state index contributed by atoms with van der Waals surface area (Å²) in [6.45, 7) is 1.65. The lowest BCUT2D eigenvalue weighted by Crippen LogP contribution is -2.00. The summed E-state index contributed by atoms with van der Waals surface area (Å²) in [6, 6.07) is 0. The summed E-state index contributed by atoms with van der Waals surface area (Å²) in [5, 5.41) is 8.51. The van der Waals surface area contributed by atoms with Crippen molar-refractivity contribution in [1.82, 2.24) is 0 Å². The summed E-state index contributed by atoms with van der Waals surface area (Å²) in [5.41, 5.74) is 0.715. The maximum atomic E-state index is 11.2. The van der Waals surface area contributed by atoms with Gasteiger partial charge in [-0.3, -0.25) is 0 Å². The van der Waals surface area contributed by atoms with Gasteiger partial charge in [0.2, 0.25) is 0 Å². The Morgan fingerprint density at radius 2 is 1.82 bits per heavy atom. The van der Waals surface area contributed by atoms with E-state index in [9.17, 15) is 9.59 Å². The van der Waals surface area contributed by atoms with Crippen molar-refractivity contribution in [2.24, 2.45) is 0 Å². The average Bonchev–Trinajstić information content (AvgIpc) is 2.54. The van der Waals surface area contributed by atoms with Gasteiger partial charge in [-0.25, -0.2) is 9.59 Å². The average molecular weight is 236 g/mol. The maximum Gasteiger partial charge on any atom is 0.346 e. The van der Waals surface area contributed by atoms with Crippen LogP contribution in [0.4, 0.5) is 0 Å². The van der Waals surface area contributed by atoms with Crippen molar-refractivity contribution in [1.29, 1.82) is 0 Å². The number of hydrogen-bond donors (Lipinski definition) is 1. The number of cyclic esters (lactones) is 2. The standard InChI is InChI=1S/C13H16O4/c1-10-11(13(16)17-12(10)15)8-6-4-2-3-5-7-9-14/h5-8,14H,2-4,9H2,1H3/b7-5+,8-6+. The van der Waals surface area contributed by atoms with Gasteiger partial charge < -0.3 is 9.84 Å². The molecule has 92 valence electrons. The Morgan fingerprint density at radius 3 is 2.41 bits per heavy atom. The summed E-state index contributed by atoms with van der Waals surface area (Å²) >= 11 is 0. The number of rotatable bonds is 6. The first-order chi connectivity index (χ1) is 8.16. The zero-order chi connectivity index (χ0) is 12.7. The highest BCUT2D eigenvalue weighted by Gasteiger charge is 2.27. The molecule has 0 amide bonds. The van der Waals surface area contributed by atoms with E-state index in [2.05, 4.69) is 4.74 Å². The van der Waals surface area contributed by atoms with Gasteiger partial charge in [0, 0.05) is 5.57 Å². The molecule has 0 aliphatic carbocycles. The summed E-state index contributed by atoms with van der Waals surface area (Å²) in [6.07, 6.45) is 9.72. The minimum Gasteiger partial charge on any atom is -0.392 e. The van der Waals surface area contributed by atoms with Gasteiger partial charge in [0.1, 0.15) is 0 Å². The van der Waals surface area contributed by atoms with Crippen LogP contribution in [-0.2, 0) is 14.3 Å². The molecule has 0 spiro atoms. The van der Waals surface area contributed by atoms with Gasteiger partial charge in [-0.1, -0.05) is 24.3 Å². The molecule has 0 radical (unpaired) electrons. The molecule has 4 nitrogen and oxygen atoms in total. The summed E-state index contributed by atoms with van der Waals surface area (Å²) < 4.78 is 4.45. The number of ether oxygens (including phenoxy) is 1. The molecule has 0 aromatic rings. The fraction of sp³-hybridized carbons (Fsp3) is 0.385. The van der Waals surface area contributed by atoms with E-state index >= 15 is 0 Å². The first kappa shape index (κ1) is 13.4.